The number of carbonyl (C=O) groups is 2. The second-order valence-electron chi connectivity index (χ2n) is 8.93. The molecule has 11 heteroatoms. The largest absolute Gasteiger partial charge is 0.350 e. The summed E-state index contributed by atoms with van der Waals surface area (Å²) in [7, 11) is -3.85. The van der Waals surface area contributed by atoms with Crippen molar-refractivity contribution in [3.8, 4) is 0 Å². The van der Waals surface area contributed by atoms with E-state index in [1.807, 2.05) is 45.0 Å². The number of halogens is 3. The van der Waals surface area contributed by atoms with Crippen LogP contribution in [0.15, 0.2) is 46.9 Å². The van der Waals surface area contributed by atoms with Crippen LogP contribution in [0.4, 0.5) is 5.69 Å². The molecule has 2 aromatic rings. The van der Waals surface area contributed by atoms with Crippen molar-refractivity contribution in [2.45, 2.75) is 45.8 Å². The molecule has 0 aromatic heterocycles. The van der Waals surface area contributed by atoms with Crippen LogP contribution in [0.2, 0.25) is 10.0 Å². The highest BCUT2D eigenvalue weighted by Crippen LogP contribution is 2.28. The Hall–Kier alpha value is -1.81. The third-order valence-corrected chi connectivity index (χ3v) is 7.21. The second kappa shape index (κ2) is 11.3. The van der Waals surface area contributed by atoms with Crippen molar-refractivity contribution in [3.63, 3.8) is 0 Å². The summed E-state index contributed by atoms with van der Waals surface area (Å²) in [6.45, 7) is 6.74. The van der Waals surface area contributed by atoms with Gasteiger partial charge >= 0.3 is 0 Å². The Kier molecular flexibility index (Phi) is 9.44. The zero-order valence-corrected chi connectivity index (χ0v) is 23.5. The SMILES string of the molecule is CC(C(=O)NC(C)(C)C)N(Cc1ccc(Br)cc1)C(=O)CN(c1ccc(Cl)c(Cl)c1)S(C)(=O)=O. The first kappa shape index (κ1) is 28.4. The highest BCUT2D eigenvalue weighted by atomic mass is 79.9. The van der Waals surface area contributed by atoms with Crippen LogP contribution in [-0.4, -0.2) is 49.5 Å². The van der Waals surface area contributed by atoms with Crippen LogP contribution in [0.1, 0.15) is 33.3 Å². The van der Waals surface area contributed by atoms with E-state index in [1.165, 1.54) is 23.1 Å². The molecule has 0 saturated heterocycles. The van der Waals surface area contributed by atoms with E-state index in [4.69, 9.17) is 23.2 Å². The molecule has 2 rings (SSSR count). The van der Waals surface area contributed by atoms with E-state index >= 15 is 0 Å². The van der Waals surface area contributed by atoms with E-state index in [0.29, 0.717) is 0 Å². The Morgan fingerprint density at radius 3 is 2.15 bits per heavy atom. The Balaban J connectivity index is 2.41. The Morgan fingerprint density at radius 2 is 1.65 bits per heavy atom. The summed E-state index contributed by atoms with van der Waals surface area (Å²) in [5.41, 5.74) is 0.476. The number of hydrogen-bond donors (Lipinski definition) is 1. The molecule has 0 spiro atoms. The molecule has 1 atom stereocenters. The molecule has 0 aliphatic carbocycles. The molecule has 0 aliphatic rings. The topological polar surface area (TPSA) is 86.8 Å². The fraction of sp³-hybridized carbons (Fsp3) is 0.391. The maximum Gasteiger partial charge on any atom is 0.244 e. The maximum atomic E-state index is 13.5. The van der Waals surface area contributed by atoms with Crippen LogP contribution < -0.4 is 9.62 Å². The van der Waals surface area contributed by atoms with Gasteiger partial charge in [-0.1, -0.05) is 51.3 Å². The Labute approximate surface area is 219 Å². The Morgan fingerprint density at radius 1 is 1.06 bits per heavy atom. The molecular formula is C23H28BrCl2N3O4S. The average Bonchev–Trinajstić information content (AvgIpc) is 2.71. The number of nitrogens with one attached hydrogen (secondary N) is 1. The van der Waals surface area contributed by atoms with Crippen molar-refractivity contribution in [3.05, 3.63) is 62.5 Å². The molecule has 0 heterocycles. The second-order valence-corrected chi connectivity index (χ2v) is 12.6. The normalized spacial score (nSPS) is 12.7. The lowest BCUT2D eigenvalue weighted by molar-refractivity contribution is -0.140. The van der Waals surface area contributed by atoms with E-state index in [-0.39, 0.29) is 28.2 Å². The van der Waals surface area contributed by atoms with E-state index < -0.39 is 34.1 Å². The number of sulfonamides is 1. The molecule has 0 aliphatic heterocycles. The molecule has 1 unspecified atom stereocenters. The van der Waals surface area contributed by atoms with Gasteiger partial charge in [0.25, 0.3) is 0 Å². The van der Waals surface area contributed by atoms with Crippen LogP contribution in [0.5, 0.6) is 0 Å². The highest BCUT2D eigenvalue weighted by molar-refractivity contribution is 9.10. The molecule has 1 N–H and O–H groups in total. The molecular weight excluding hydrogens is 565 g/mol. The number of rotatable bonds is 8. The van der Waals surface area contributed by atoms with Gasteiger partial charge in [0.1, 0.15) is 12.6 Å². The van der Waals surface area contributed by atoms with Crippen molar-refractivity contribution in [1.29, 1.82) is 0 Å². The zero-order chi connectivity index (χ0) is 25.8. The molecule has 0 saturated carbocycles. The van der Waals surface area contributed by atoms with Crippen LogP contribution >= 0.6 is 39.1 Å². The van der Waals surface area contributed by atoms with Crippen molar-refractivity contribution in [2.75, 3.05) is 17.1 Å². The summed E-state index contributed by atoms with van der Waals surface area (Å²) >= 11 is 15.4. The fourth-order valence-electron chi connectivity index (χ4n) is 3.10. The standard InChI is InChI=1S/C23H28BrCl2N3O4S/c1-15(22(31)27-23(2,3)4)28(13-16-6-8-17(24)9-7-16)21(30)14-29(34(5,32)33)18-10-11-19(25)20(26)12-18/h6-12,15H,13-14H2,1-5H3,(H,27,31). The van der Waals surface area contributed by atoms with Gasteiger partial charge in [-0.2, -0.15) is 0 Å². The fourth-order valence-corrected chi connectivity index (χ4v) is 4.50. The summed E-state index contributed by atoms with van der Waals surface area (Å²) in [6.07, 6.45) is 0.998. The molecule has 0 radical (unpaired) electrons. The van der Waals surface area contributed by atoms with E-state index in [0.717, 1.165) is 20.6 Å². The molecule has 2 aromatic carbocycles. The summed E-state index contributed by atoms with van der Waals surface area (Å²) in [4.78, 5) is 27.7. The van der Waals surface area contributed by atoms with E-state index in [2.05, 4.69) is 21.2 Å². The smallest absolute Gasteiger partial charge is 0.244 e. The minimum Gasteiger partial charge on any atom is -0.350 e. The lowest BCUT2D eigenvalue weighted by Crippen LogP contribution is -2.54. The third-order valence-electron chi connectivity index (χ3n) is 4.80. The maximum absolute atomic E-state index is 13.5. The monoisotopic (exact) mass is 591 g/mol. The van der Waals surface area contributed by atoms with Crippen LogP contribution in [-0.2, 0) is 26.2 Å². The third kappa shape index (κ3) is 8.15. The molecule has 0 bridgehead atoms. The summed E-state index contributed by atoms with van der Waals surface area (Å²) in [5, 5.41) is 3.29. The van der Waals surface area contributed by atoms with E-state index in [9.17, 15) is 18.0 Å². The summed E-state index contributed by atoms with van der Waals surface area (Å²) in [6, 6.07) is 10.8. The number of amides is 2. The van der Waals surface area contributed by atoms with Crippen molar-refractivity contribution >= 4 is 66.7 Å². The van der Waals surface area contributed by atoms with Crippen LogP contribution in [0.25, 0.3) is 0 Å². The highest BCUT2D eigenvalue weighted by Gasteiger charge is 2.31. The van der Waals surface area contributed by atoms with Gasteiger partial charge in [-0.15, -0.1) is 0 Å². The number of carbonyl (C=O) groups excluding carboxylic acids is 2. The quantitative estimate of drug-likeness (QED) is 0.474. The van der Waals surface area contributed by atoms with Gasteiger partial charge in [-0.25, -0.2) is 8.42 Å². The van der Waals surface area contributed by atoms with Crippen LogP contribution in [0, 0.1) is 0 Å². The summed E-state index contributed by atoms with van der Waals surface area (Å²) in [5.74, 6) is -0.894. The first-order valence-electron chi connectivity index (χ1n) is 10.4. The zero-order valence-electron chi connectivity index (χ0n) is 19.6. The van der Waals surface area contributed by atoms with E-state index in [1.54, 1.807) is 6.92 Å². The van der Waals surface area contributed by atoms with Gasteiger partial charge in [0.2, 0.25) is 21.8 Å². The summed E-state index contributed by atoms with van der Waals surface area (Å²) < 4.78 is 27.0. The number of anilines is 1. The lowest BCUT2D eigenvalue weighted by Gasteiger charge is -2.33. The molecule has 186 valence electrons. The van der Waals surface area contributed by atoms with Gasteiger partial charge in [0.15, 0.2) is 0 Å². The van der Waals surface area contributed by atoms with Gasteiger partial charge in [-0.3, -0.25) is 13.9 Å². The van der Waals surface area contributed by atoms with Gasteiger partial charge in [0, 0.05) is 16.6 Å². The predicted molar refractivity (Wildman–Crippen MR) is 141 cm³/mol. The van der Waals surface area contributed by atoms with Crippen LogP contribution in [0.3, 0.4) is 0 Å². The first-order chi connectivity index (χ1) is 15.6. The molecule has 0 fully saturated rings. The average molecular weight is 593 g/mol. The predicted octanol–water partition coefficient (Wildman–Crippen LogP) is 4.85. The van der Waals surface area contributed by atoms with Gasteiger partial charge < -0.3 is 10.2 Å². The van der Waals surface area contributed by atoms with Crippen molar-refractivity contribution < 1.29 is 18.0 Å². The first-order valence-corrected chi connectivity index (χ1v) is 13.8. The minimum absolute atomic E-state index is 0.115. The number of benzene rings is 2. The minimum atomic E-state index is -3.85. The number of hydrogen-bond acceptors (Lipinski definition) is 4. The molecule has 7 nitrogen and oxygen atoms in total. The van der Waals surface area contributed by atoms with Gasteiger partial charge in [0.05, 0.1) is 22.0 Å². The Bertz CT molecular complexity index is 1150. The lowest BCUT2D eigenvalue weighted by atomic mass is 10.1. The van der Waals surface area contributed by atoms with Crippen molar-refractivity contribution in [2.24, 2.45) is 0 Å². The molecule has 2 amide bonds. The van der Waals surface area contributed by atoms with Crippen molar-refractivity contribution in [1.82, 2.24) is 10.2 Å². The molecule has 34 heavy (non-hydrogen) atoms. The number of nitrogens with zero attached hydrogens (tertiary/aromatic N) is 2. The van der Waals surface area contributed by atoms with Gasteiger partial charge in [-0.05, 0) is 63.6 Å².